The molecule has 0 radical (unpaired) electrons. The number of anilines is 1. The van der Waals surface area contributed by atoms with Crippen molar-refractivity contribution in [2.75, 3.05) is 24.5 Å². The minimum absolute atomic E-state index is 0.0406. The summed E-state index contributed by atoms with van der Waals surface area (Å²) < 4.78 is 5.39. The lowest BCUT2D eigenvalue weighted by Gasteiger charge is -2.40. The topological polar surface area (TPSA) is 78.8 Å². The van der Waals surface area contributed by atoms with E-state index in [1.807, 2.05) is 32.6 Å². The van der Waals surface area contributed by atoms with Crippen LogP contribution in [0.25, 0.3) is 0 Å². The van der Waals surface area contributed by atoms with Gasteiger partial charge in [-0.05, 0) is 27.7 Å². The standard InChI is InChI=1S/C14H22N4O3/c1-10-9-17(13(20)21-14(2,3)4)5-6-18(10)12-15-7-11(19)8-16-12/h7-8,10,19H,5-6,9H2,1-4H3. The van der Waals surface area contributed by atoms with Gasteiger partial charge in [-0.15, -0.1) is 0 Å². The van der Waals surface area contributed by atoms with E-state index in [1.54, 1.807) is 4.90 Å². The predicted octanol–water partition coefficient (Wildman–Crippen LogP) is 1.63. The van der Waals surface area contributed by atoms with Gasteiger partial charge >= 0.3 is 6.09 Å². The Morgan fingerprint density at radius 3 is 2.48 bits per heavy atom. The number of hydrogen-bond donors (Lipinski definition) is 1. The van der Waals surface area contributed by atoms with Crippen LogP contribution in [-0.4, -0.2) is 57.3 Å². The third-order valence-corrected chi connectivity index (χ3v) is 3.16. The van der Waals surface area contributed by atoms with Gasteiger partial charge in [-0.25, -0.2) is 14.8 Å². The molecule has 1 N–H and O–H groups in total. The smallest absolute Gasteiger partial charge is 0.410 e. The molecule has 116 valence electrons. The Balaban J connectivity index is 1.99. The van der Waals surface area contributed by atoms with Crippen LogP contribution in [0.1, 0.15) is 27.7 Å². The summed E-state index contributed by atoms with van der Waals surface area (Å²) in [5.41, 5.74) is -0.489. The Morgan fingerprint density at radius 1 is 1.33 bits per heavy atom. The zero-order valence-electron chi connectivity index (χ0n) is 12.9. The average Bonchev–Trinajstić information content (AvgIpc) is 2.38. The Morgan fingerprint density at radius 2 is 1.95 bits per heavy atom. The average molecular weight is 294 g/mol. The summed E-state index contributed by atoms with van der Waals surface area (Å²) in [4.78, 5) is 24.0. The van der Waals surface area contributed by atoms with Crippen LogP contribution in [0.15, 0.2) is 12.4 Å². The molecular weight excluding hydrogens is 272 g/mol. The normalized spacial score (nSPS) is 19.5. The molecule has 7 heteroatoms. The van der Waals surface area contributed by atoms with Gasteiger partial charge in [0.2, 0.25) is 5.95 Å². The van der Waals surface area contributed by atoms with Crippen LogP contribution in [0.4, 0.5) is 10.7 Å². The molecule has 0 saturated carbocycles. The van der Waals surface area contributed by atoms with E-state index in [4.69, 9.17) is 4.74 Å². The van der Waals surface area contributed by atoms with Crippen LogP contribution < -0.4 is 4.90 Å². The summed E-state index contributed by atoms with van der Waals surface area (Å²) in [6.45, 7) is 9.32. The van der Waals surface area contributed by atoms with Gasteiger partial charge < -0.3 is 19.6 Å². The zero-order valence-corrected chi connectivity index (χ0v) is 12.9. The molecule has 2 rings (SSSR count). The number of piperazine rings is 1. The van der Waals surface area contributed by atoms with Crippen molar-refractivity contribution in [2.45, 2.75) is 39.3 Å². The second-order valence-corrected chi connectivity index (χ2v) is 6.21. The van der Waals surface area contributed by atoms with Crippen molar-refractivity contribution in [1.82, 2.24) is 14.9 Å². The minimum Gasteiger partial charge on any atom is -0.505 e. The summed E-state index contributed by atoms with van der Waals surface area (Å²) in [6.07, 6.45) is 2.45. The highest BCUT2D eigenvalue weighted by molar-refractivity contribution is 5.68. The first kappa shape index (κ1) is 15.3. The Kier molecular flexibility index (Phi) is 4.20. The molecule has 1 aliphatic heterocycles. The van der Waals surface area contributed by atoms with Crippen molar-refractivity contribution < 1.29 is 14.6 Å². The molecule has 0 aliphatic carbocycles. The number of hydrogen-bond acceptors (Lipinski definition) is 6. The van der Waals surface area contributed by atoms with Crippen molar-refractivity contribution in [1.29, 1.82) is 0 Å². The quantitative estimate of drug-likeness (QED) is 0.848. The summed E-state index contributed by atoms with van der Waals surface area (Å²) in [7, 11) is 0. The molecule has 1 atom stereocenters. The number of nitrogens with zero attached hydrogens (tertiary/aromatic N) is 4. The molecule has 1 aromatic heterocycles. The molecular formula is C14H22N4O3. The fourth-order valence-corrected chi connectivity index (χ4v) is 2.21. The molecule has 1 unspecified atom stereocenters. The second kappa shape index (κ2) is 5.75. The fraction of sp³-hybridized carbons (Fsp3) is 0.643. The van der Waals surface area contributed by atoms with Gasteiger partial charge in [-0.3, -0.25) is 0 Å². The second-order valence-electron chi connectivity index (χ2n) is 6.21. The third-order valence-electron chi connectivity index (χ3n) is 3.16. The van der Waals surface area contributed by atoms with Crippen molar-refractivity contribution in [2.24, 2.45) is 0 Å². The number of rotatable bonds is 1. The molecule has 21 heavy (non-hydrogen) atoms. The number of carbonyl (C=O) groups excluding carboxylic acids is 1. The molecule has 0 spiro atoms. The van der Waals surface area contributed by atoms with Crippen LogP contribution in [-0.2, 0) is 4.74 Å². The van der Waals surface area contributed by atoms with E-state index in [0.29, 0.717) is 25.6 Å². The molecule has 2 heterocycles. The summed E-state index contributed by atoms with van der Waals surface area (Å²) in [6, 6.07) is 0.0795. The van der Waals surface area contributed by atoms with Gasteiger partial charge in [0.05, 0.1) is 12.4 Å². The lowest BCUT2D eigenvalue weighted by Crippen LogP contribution is -2.55. The Bertz CT molecular complexity index is 498. The highest BCUT2D eigenvalue weighted by atomic mass is 16.6. The lowest BCUT2D eigenvalue weighted by molar-refractivity contribution is 0.0218. The van der Waals surface area contributed by atoms with E-state index in [-0.39, 0.29) is 17.9 Å². The Labute approximate surface area is 124 Å². The maximum absolute atomic E-state index is 12.1. The van der Waals surface area contributed by atoms with Crippen molar-refractivity contribution in [3.05, 3.63) is 12.4 Å². The molecule has 1 amide bonds. The summed E-state index contributed by atoms with van der Waals surface area (Å²) in [5, 5.41) is 9.23. The first-order valence-corrected chi connectivity index (χ1v) is 7.02. The highest BCUT2D eigenvalue weighted by Gasteiger charge is 2.30. The molecule has 0 bridgehead atoms. The maximum atomic E-state index is 12.1. The molecule has 1 aromatic rings. The van der Waals surface area contributed by atoms with Gasteiger partial charge in [0.1, 0.15) is 5.60 Å². The van der Waals surface area contributed by atoms with Crippen LogP contribution >= 0.6 is 0 Å². The van der Waals surface area contributed by atoms with Crippen molar-refractivity contribution in [3.63, 3.8) is 0 Å². The monoisotopic (exact) mass is 294 g/mol. The minimum atomic E-state index is -0.489. The predicted molar refractivity (Wildman–Crippen MR) is 78.3 cm³/mol. The van der Waals surface area contributed by atoms with Gasteiger partial charge in [0.25, 0.3) is 0 Å². The number of amides is 1. The largest absolute Gasteiger partial charge is 0.505 e. The van der Waals surface area contributed by atoms with Crippen molar-refractivity contribution >= 4 is 12.0 Å². The van der Waals surface area contributed by atoms with Gasteiger partial charge in [0, 0.05) is 25.7 Å². The lowest BCUT2D eigenvalue weighted by atomic mass is 10.2. The van der Waals surface area contributed by atoms with E-state index >= 15 is 0 Å². The maximum Gasteiger partial charge on any atom is 0.410 e. The first-order chi connectivity index (χ1) is 9.76. The fourth-order valence-electron chi connectivity index (χ4n) is 2.21. The van der Waals surface area contributed by atoms with Crippen LogP contribution in [0.3, 0.4) is 0 Å². The molecule has 7 nitrogen and oxygen atoms in total. The van der Waals surface area contributed by atoms with Gasteiger partial charge in [-0.2, -0.15) is 0 Å². The number of carbonyl (C=O) groups is 1. The number of aromatic hydroxyl groups is 1. The van der Waals surface area contributed by atoms with Crippen LogP contribution in [0.5, 0.6) is 5.75 Å². The third kappa shape index (κ3) is 3.96. The van der Waals surface area contributed by atoms with E-state index in [0.717, 1.165) is 0 Å². The van der Waals surface area contributed by atoms with E-state index in [1.165, 1.54) is 12.4 Å². The first-order valence-electron chi connectivity index (χ1n) is 7.02. The number of ether oxygens (including phenoxy) is 1. The summed E-state index contributed by atoms with van der Waals surface area (Å²) >= 11 is 0. The van der Waals surface area contributed by atoms with Gasteiger partial charge in [0.15, 0.2) is 5.75 Å². The van der Waals surface area contributed by atoms with E-state index in [2.05, 4.69) is 9.97 Å². The molecule has 1 fully saturated rings. The summed E-state index contributed by atoms with van der Waals surface area (Å²) in [5.74, 6) is 0.600. The molecule has 1 aliphatic rings. The molecule has 1 saturated heterocycles. The van der Waals surface area contributed by atoms with Crippen LogP contribution in [0, 0.1) is 0 Å². The Hall–Kier alpha value is -2.05. The zero-order chi connectivity index (χ0) is 15.6. The SMILES string of the molecule is CC1CN(C(=O)OC(C)(C)C)CCN1c1ncc(O)cn1. The van der Waals surface area contributed by atoms with Gasteiger partial charge in [-0.1, -0.05) is 0 Å². The highest BCUT2D eigenvalue weighted by Crippen LogP contribution is 2.19. The van der Waals surface area contributed by atoms with E-state index in [9.17, 15) is 9.90 Å². The van der Waals surface area contributed by atoms with Crippen LogP contribution in [0.2, 0.25) is 0 Å². The molecule has 0 aromatic carbocycles. The van der Waals surface area contributed by atoms with Crippen molar-refractivity contribution in [3.8, 4) is 5.75 Å². The number of aromatic nitrogens is 2. The van der Waals surface area contributed by atoms with E-state index < -0.39 is 5.60 Å².